The molecular weight excluding hydrogens is 234 g/mol. The van der Waals surface area contributed by atoms with Crippen LogP contribution in [0.4, 0.5) is 11.4 Å². The highest BCUT2D eigenvalue weighted by molar-refractivity contribution is 5.63. The second-order valence-corrected chi connectivity index (χ2v) is 4.86. The van der Waals surface area contributed by atoms with Crippen molar-refractivity contribution in [3.8, 4) is 0 Å². The van der Waals surface area contributed by atoms with Gasteiger partial charge in [-0.25, -0.2) is 0 Å². The molecule has 0 N–H and O–H groups in total. The first-order valence-electron chi connectivity index (χ1n) is 6.96. The Balaban J connectivity index is 1.96. The zero-order valence-electron chi connectivity index (χ0n) is 11.0. The van der Waals surface area contributed by atoms with Gasteiger partial charge < -0.3 is 9.64 Å². The van der Waals surface area contributed by atoms with Gasteiger partial charge in [-0.2, -0.15) is 0 Å². The summed E-state index contributed by atoms with van der Waals surface area (Å²) in [5.41, 5.74) is 2.39. The molecule has 1 atom stereocenters. The number of hydrogen-bond donors (Lipinski definition) is 0. The number of ether oxygens (including phenoxy) is 1. The average molecular weight is 253 g/mol. The first-order valence-corrected chi connectivity index (χ1v) is 6.96. The smallest absolute Gasteiger partial charge is 0.134 e. The molecule has 1 heterocycles. The van der Waals surface area contributed by atoms with E-state index >= 15 is 0 Å². The van der Waals surface area contributed by atoms with Crippen LogP contribution >= 0.6 is 0 Å². The van der Waals surface area contributed by atoms with E-state index in [-0.39, 0.29) is 6.23 Å². The third kappa shape index (κ3) is 2.79. The maximum Gasteiger partial charge on any atom is 0.134 e. The van der Waals surface area contributed by atoms with E-state index in [4.69, 9.17) is 4.74 Å². The topological polar surface area (TPSA) is 12.5 Å². The largest absolute Gasteiger partial charge is 0.358 e. The second kappa shape index (κ2) is 5.89. The van der Waals surface area contributed by atoms with E-state index in [9.17, 15) is 0 Å². The summed E-state index contributed by atoms with van der Waals surface area (Å²) in [5.74, 6) is 0. The van der Waals surface area contributed by atoms with Crippen molar-refractivity contribution in [2.45, 2.75) is 25.5 Å². The van der Waals surface area contributed by atoms with Crippen LogP contribution in [0.3, 0.4) is 0 Å². The highest BCUT2D eigenvalue weighted by Crippen LogP contribution is 2.31. The molecule has 98 valence electrons. The quantitative estimate of drug-likeness (QED) is 0.806. The van der Waals surface area contributed by atoms with Gasteiger partial charge in [0.05, 0.1) is 0 Å². The van der Waals surface area contributed by atoms with Gasteiger partial charge >= 0.3 is 0 Å². The van der Waals surface area contributed by atoms with Gasteiger partial charge in [0.2, 0.25) is 0 Å². The molecule has 1 aliphatic heterocycles. The molecule has 1 fully saturated rings. The Kier molecular flexibility index (Phi) is 3.80. The summed E-state index contributed by atoms with van der Waals surface area (Å²) in [6, 6.07) is 21.0. The fourth-order valence-electron chi connectivity index (χ4n) is 2.59. The zero-order chi connectivity index (χ0) is 12.9. The molecule has 2 nitrogen and oxygen atoms in total. The molecule has 0 aromatic heterocycles. The molecule has 0 amide bonds. The van der Waals surface area contributed by atoms with E-state index in [1.54, 1.807) is 0 Å². The maximum atomic E-state index is 5.97. The van der Waals surface area contributed by atoms with E-state index in [1.165, 1.54) is 24.2 Å². The van der Waals surface area contributed by atoms with Crippen LogP contribution in [0.15, 0.2) is 60.7 Å². The molecule has 0 saturated carbocycles. The zero-order valence-corrected chi connectivity index (χ0v) is 11.0. The van der Waals surface area contributed by atoms with Crippen LogP contribution in [0, 0.1) is 0 Å². The van der Waals surface area contributed by atoms with E-state index in [2.05, 4.69) is 65.6 Å². The van der Waals surface area contributed by atoms with Crippen molar-refractivity contribution >= 4 is 11.4 Å². The molecule has 0 radical (unpaired) electrons. The highest BCUT2D eigenvalue weighted by atomic mass is 16.5. The van der Waals surface area contributed by atoms with Crippen molar-refractivity contribution in [2.75, 3.05) is 11.5 Å². The molecule has 19 heavy (non-hydrogen) atoms. The summed E-state index contributed by atoms with van der Waals surface area (Å²) in [4.78, 5) is 2.30. The summed E-state index contributed by atoms with van der Waals surface area (Å²) in [6.07, 6.45) is 3.65. The van der Waals surface area contributed by atoms with Gasteiger partial charge in [-0.15, -0.1) is 0 Å². The Bertz CT molecular complexity index is 452. The summed E-state index contributed by atoms with van der Waals surface area (Å²) in [5, 5.41) is 0. The van der Waals surface area contributed by atoms with Gasteiger partial charge in [0.25, 0.3) is 0 Å². The molecule has 2 aromatic carbocycles. The number of rotatable bonds is 3. The van der Waals surface area contributed by atoms with Crippen molar-refractivity contribution in [3.05, 3.63) is 60.7 Å². The lowest BCUT2D eigenvalue weighted by Crippen LogP contribution is -2.36. The van der Waals surface area contributed by atoms with Crippen LogP contribution in [0.5, 0.6) is 0 Å². The van der Waals surface area contributed by atoms with Crippen LogP contribution in [-0.4, -0.2) is 12.8 Å². The molecule has 2 heteroatoms. The lowest BCUT2D eigenvalue weighted by molar-refractivity contribution is 0.0208. The van der Waals surface area contributed by atoms with Crippen molar-refractivity contribution < 1.29 is 4.74 Å². The Morgan fingerprint density at radius 1 is 0.789 bits per heavy atom. The molecule has 0 aliphatic carbocycles. The van der Waals surface area contributed by atoms with Crippen molar-refractivity contribution in [1.82, 2.24) is 0 Å². The Labute approximate surface area is 114 Å². The number of hydrogen-bond acceptors (Lipinski definition) is 2. The van der Waals surface area contributed by atoms with Crippen molar-refractivity contribution in [3.63, 3.8) is 0 Å². The molecule has 0 spiro atoms. The number of para-hydroxylation sites is 2. The lowest BCUT2D eigenvalue weighted by atomic mass is 10.1. The standard InChI is InChI=1S/C17H19NO/c1-3-9-15(10-4-1)18(16-11-5-2-6-12-16)17-13-7-8-14-19-17/h1-6,9-12,17H,7-8,13-14H2. The molecule has 1 unspecified atom stereocenters. The molecule has 2 aromatic rings. The summed E-state index contributed by atoms with van der Waals surface area (Å²) >= 11 is 0. The van der Waals surface area contributed by atoms with Gasteiger partial charge in [-0.3, -0.25) is 0 Å². The minimum absolute atomic E-state index is 0.151. The summed E-state index contributed by atoms with van der Waals surface area (Å²) in [6.45, 7) is 0.862. The van der Waals surface area contributed by atoms with E-state index in [0.717, 1.165) is 13.0 Å². The average Bonchev–Trinajstić information content (AvgIpc) is 2.51. The van der Waals surface area contributed by atoms with Crippen LogP contribution in [0.1, 0.15) is 19.3 Å². The maximum absolute atomic E-state index is 5.97. The predicted octanol–water partition coefficient (Wildman–Crippen LogP) is 4.35. The van der Waals surface area contributed by atoms with E-state index in [1.807, 2.05) is 0 Å². The SMILES string of the molecule is c1ccc(N(c2ccccc2)C2CCCCO2)cc1. The third-order valence-electron chi connectivity index (χ3n) is 3.51. The van der Waals surface area contributed by atoms with E-state index < -0.39 is 0 Å². The predicted molar refractivity (Wildman–Crippen MR) is 78.6 cm³/mol. The lowest BCUT2D eigenvalue weighted by Gasteiger charge is -2.35. The van der Waals surface area contributed by atoms with Crippen molar-refractivity contribution in [2.24, 2.45) is 0 Å². The first-order chi connectivity index (χ1) is 9.45. The molecule has 3 rings (SSSR count). The van der Waals surface area contributed by atoms with Crippen LogP contribution in [-0.2, 0) is 4.74 Å². The van der Waals surface area contributed by atoms with Gasteiger partial charge in [-0.05, 0) is 43.5 Å². The highest BCUT2D eigenvalue weighted by Gasteiger charge is 2.23. The Morgan fingerprint density at radius 2 is 1.37 bits per heavy atom. The van der Waals surface area contributed by atoms with Crippen LogP contribution in [0.25, 0.3) is 0 Å². The number of anilines is 2. The summed E-state index contributed by atoms with van der Waals surface area (Å²) < 4.78 is 5.97. The second-order valence-electron chi connectivity index (χ2n) is 4.86. The number of benzene rings is 2. The third-order valence-corrected chi connectivity index (χ3v) is 3.51. The van der Waals surface area contributed by atoms with Gasteiger partial charge in [0.1, 0.15) is 6.23 Å². The van der Waals surface area contributed by atoms with E-state index in [0.29, 0.717) is 0 Å². The van der Waals surface area contributed by atoms with Gasteiger partial charge in [0.15, 0.2) is 0 Å². The molecule has 0 bridgehead atoms. The molecular formula is C17H19NO. The minimum atomic E-state index is 0.151. The van der Waals surface area contributed by atoms with Gasteiger partial charge in [-0.1, -0.05) is 36.4 Å². The minimum Gasteiger partial charge on any atom is -0.358 e. The first kappa shape index (κ1) is 12.2. The Morgan fingerprint density at radius 3 is 1.84 bits per heavy atom. The molecule has 1 aliphatic rings. The van der Waals surface area contributed by atoms with Crippen molar-refractivity contribution in [1.29, 1.82) is 0 Å². The molecule has 1 saturated heterocycles. The summed E-state index contributed by atoms with van der Waals surface area (Å²) in [7, 11) is 0. The van der Waals surface area contributed by atoms with Crippen LogP contribution < -0.4 is 4.90 Å². The fraction of sp³-hybridized carbons (Fsp3) is 0.294. The normalized spacial score (nSPS) is 19.1. The fourth-order valence-corrected chi connectivity index (χ4v) is 2.59. The monoisotopic (exact) mass is 253 g/mol. The van der Waals surface area contributed by atoms with Crippen LogP contribution in [0.2, 0.25) is 0 Å². The van der Waals surface area contributed by atoms with Gasteiger partial charge in [0, 0.05) is 18.0 Å². The Hall–Kier alpha value is -1.80. The number of nitrogens with zero attached hydrogens (tertiary/aromatic N) is 1.